The van der Waals surface area contributed by atoms with E-state index >= 15 is 0 Å². The van der Waals surface area contributed by atoms with Crippen LogP contribution in [0.25, 0.3) is 0 Å². The molecular weight excluding hydrogens is 477 g/mol. The number of halogens is 3. The second-order valence-electron chi connectivity index (χ2n) is 7.61. The number of thioether (sulfide) groups is 1. The van der Waals surface area contributed by atoms with Crippen LogP contribution < -0.4 is 10.1 Å². The molecule has 10 heteroatoms. The highest BCUT2D eigenvalue weighted by Gasteiger charge is 2.30. The molecule has 0 radical (unpaired) electrons. The maximum absolute atomic E-state index is 12.9. The van der Waals surface area contributed by atoms with Gasteiger partial charge in [-0.15, -0.1) is 16.8 Å². The SMILES string of the molecule is C=CCn1c(COc2cccc(C(F)(F)F)c2)nnc1SCC(=O)Nc1c(CC)cccc1CC. The number of nitrogens with one attached hydrogen (secondary N) is 1. The molecule has 1 aromatic heterocycles. The zero-order valence-electron chi connectivity index (χ0n) is 19.6. The van der Waals surface area contributed by atoms with E-state index in [0.717, 1.165) is 41.8 Å². The van der Waals surface area contributed by atoms with Crippen LogP contribution in [0.4, 0.5) is 18.9 Å². The molecule has 0 fully saturated rings. The van der Waals surface area contributed by atoms with E-state index < -0.39 is 11.7 Å². The zero-order chi connectivity index (χ0) is 25.4. The van der Waals surface area contributed by atoms with Crippen LogP contribution >= 0.6 is 11.8 Å². The van der Waals surface area contributed by atoms with Gasteiger partial charge in [0, 0.05) is 12.2 Å². The lowest BCUT2D eigenvalue weighted by atomic mass is 10.0. The van der Waals surface area contributed by atoms with Crippen molar-refractivity contribution < 1.29 is 22.7 Å². The number of aromatic nitrogens is 3. The molecule has 3 aromatic rings. The minimum Gasteiger partial charge on any atom is -0.486 e. The van der Waals surface area contributed by atoms with Crippen LogP contribution in [0.15, 0.2) is 60.3 Å². The number of allylic oxidation sites excluding steroid dienone is 1. The van der Waals surface area contributed by atoms with Crippen LogP contribution in [-0.2, 0) is 37.0 Å². The fraction of sp³-hybridized carbons (Fsp3) is 0.320. The fourth-order valence-corrected chi connectivity index (χ4v) is 4.23. The van der Waals surface area contributed by atoms with Gasteiger partial charge in [0.2, 0.25) is 5.91 Å². The monoisotopic (exact) mass is 504 g/mol. The minimum atomic E-state index is -4.46. The number of carbonyl (C=O) groups excluding carboxylic acids is 1. The highest BCUT2D eigenvalue weighted by atomic mass is 32.2. The van der Waals surface area contributed by atoms with E-state index in [2.05, 4.69) is 22.1 Å². The van der Waals surface area contributed by atoms with Crippen molar-refractivity contribution in [2.45, 2.75) is 51.2 Å². The van der Waals surface area contributed by atoms with E-state index in [9.17, 15) is 18.0 Å². The molecule has 3 rings (SSSR count). The lowest BCUT2D eigenvalue weighted by molar-refractivity contribution is -0.137. The number of aryl methyl sites for hydroxylation is 2. The molecule has 0 atom stereocenters. The largest absolute Gasteiger partial charge is 0.486 e. The van der Waals surface area contributed by atoms with Crippen molar-refractivity contribution in [3.63, 3.8) is 0 Å². The van der Waals surface area contributed by atoms with Crippen molar-refractivity contribution in [2.24, 2.45) is 0 Å². The van der Waals surface area contributed by atoms with Crippen molar-refractivity contribution in [1.29, 1.82) is 0 Å². The van der Waals surface area contributed by atoms with Gasteiger partial charge in [0.25, 0.3) is 0 Å². The van der Waals surface area contributed by atoms with E-state index in [0.29, 0.717) is 17.5 Å². The van der Waals surface area contributed by atoms with Gasteiger partial charge in [0.15, 0.2) is 11.0 Å². The van der Waals surface area contributed by atoms with Gasteiger partial charge in [0.05, 0.1) is 11.3 Å². The highest BCUT2D eigenvalue weighted by molar-refractivity contribution is 7.99. The molecule has 1 heterocycles. The Hall–Kier alpha value is -3.27. The van der Waals surface area contributed by atoms with Crippen molar-refractivity contribution in [3.8, 4) is 5.75 Å². The molecule has 0 spiro atoms. The molecule has 0 bridgehead atoms. The average molecular weight is 505 g/mol. The van der Waals surface area contributed by atoms with E-state index in [-0.39, 0.29) is 24.0 Å². The number of hydrogen-bond acceptors (Lipinski definition) is 5. The quantitative estimate of drug-likeness (QED) is 0.259. The molecule has 2 aromatic carbocycles. The Labute approximate surface area is 206 Å². The molecular formula is C25H27F3N4O2S. The second kappa shape index (κ2) is 11.9. The molecule has 1 amide bonds. The molecule has 0 aliphatic heterocycles. The molecule has 0 unspecified atom stereocenters. The summed E-state index contributed by atoms with van der Waals surface area (Å²) in [6.45, 7) is 8.09. The number of benzene rings is 2. The number of anilines is 1. The second-order valence-corrected chi connectivity index (χ2v) is 8.55. The molecule has 35 heavy (non-hydrogen) atoms. The van der Waals surface area contributed by atoms with E-state index in [1.165, 1.54) is 23.9 Å². The molecule has 1 N–H and O–H groups in total. The summed E-state index contributed by atoms with van der Waals surface area (Å²) in [4.78, 5) is 12.7. The summed E-state index contributed by atoms with van der Waals surface area (Å²) < 4.78 is 46.1. The van der Waals surface area contributed by atoms with E-state index in [1.54, 1.807) is 10.6 Å². The number of nitrogens with zero attached hydrogens (tertiary/aromatic N) is 3. The van der Waals surface area contributed by atoms with Crippen LogP contribution in [-0.4, -0.2) is 26.4 Å². The number of ether oxygens (including phenoxy) is 1. The predicted molar refractivity (Wildman–Crippen MR) is 131 cm³/mol. The Morgan fingerprint density at radius 1 is 1.14 bits per heavy atom. The number of amides is 1. The topological polar surface area (TPSA) is 69.0 Å². The first-order valence-corrected chi connectivity index (χ1v) is 12.1. The Kier molecular flexibility index (Phi) is 8.97. The molecule has 0 aliphatic carbocycles. The summed E-state index contributed by atoms with van der Waals surface area (Å²) in [6.07, 6.45) is -1.20. The third-order valence-electron chi connectivity index (χ3n) is 5.23. The average Bonchev–Trinajstić information content (AvgIpc) is 3.22. The van der Waals surface area contributed by atoms with Crippen molar-refractivity contribution >= 4 is 23.4 Å². The Morgan fingerprint density at radius 3 is 2.46 bits per heavy atom. The Bertz CT molecular complexity index is 1160. The number of rotatable bonds is 11. The van der Waals surface area contributed by atoms with Gasteiger partial charge >= 0.3 is 6.18 Å². The van der Waals surface area contributed by atoms with Gasteiger partial charge in [-0.1, -0.05) is 56.0 Å². The summed E-state index contributed by atoms with van der Waals surface area (Å²) in [5.74, 6) is 0.434. The third-order valence-corrected chi connectivity index (χ3v) is 6.20. The smallest absolute Gasteiger partial charge is 0.416 e. The number of para-hydroxylation sites is 1. The summed E-state index contributed by atoms with van der Waals surface area (Å²) in [5.41, 5.74) is 2.21. The number of alkyl halides is 3. The van der Waals surface area contributed by atoms with Gasteiger partial charge in [-0.2, -0.15) is 13.2 Å². The Balaban J connectivity index is 1.67. The normalized spacial score (nSPS) is 11.3. The van der Waals surface area contributed by atoms with Gasteiger partial charge in [0.1, 0.15) is 12.4 Å². The molecule has 0 aliphatic rings. The third kappa shape index (κ3) is 6.88. The van der Waals surface area contributed by atoms with Crippen LogP contribution in [0.3, 0.4) is 0 Å². The molecule has 6 nitrogen and oxygen atoms in total. The summed E-state index contributed by atoms with van der Waals surface area (Å²) >= 11 is 1.21. The zero-order valence-corrected chi connectivity index (χ0v) is 20.4. The van der Waals surface area contributed by atoms with Crippen molar-refractivity contribution in [1.82, 2.24) is 14.8 Å². The Morgan fingerprint density at radius 2 is 1.83 bits per heavy atom. The first kappa shape index (κ1) is 26.3. The van der Waals surface area contributed by atoms with Gasteiger partial charge < -0.3 is 10.1 Å². The summed E-state index contributed by atoms with van der Waals surface area (Å²) in [6, 6.07) is 10.6. The van der Waals surface area contributed by atoms with Crippen LogP contribution in [0.2, 0.25) is 0 Å². The molecule has 0 saturated heterocycles. The van der Waals surface area contributed by atoms with Crippen molar-refractivity contribution in [3.05, 3.63) is 77.6 Å². The first-order valence-electron chi connectivity index (χ1n) is 11.1. The van der Waals surface area contributed by atoms with E-state index in [1.807, 2.05) is 32.0 Å². The lowest BCUT2D eigenvalue weighted by Crippen LogP contribution is -2.17. The lowest BCUT2D eigenvalue weighted by Gasteiger charge is -2.14. The van der Waals surface area contributed by atoms with Crippen LogP contribution in [0.1, 0.15) is 36.4 Å². The fourth-order valence-electron chi connectivity index (χ4n) is 3.46. The molecule has 0 saturated carbocycles. The number of carbonyl (C=O) groups is 1. The minimum absolute atomic E-state index is 0.0721. The highest BCUT2D eigenvalue weighted by Crippen LogP contribution is 2.31. The van der Waals surface area contributed by atoms with E-state index in [4.69, 9.17) is 4.74 Å². The van der Waals surface area contributed by atoms with Crippen LogP contribution in [0, 0.1) is 0 Å². The van der Waals surface area contributed by atoms with Gasteiger partial charge in [-0.3, -0.25) is 9.36 Å². The number of hydrogen-bond donors (Lipinski definition) is 1. The predicted octanol–water partition coefficient (Wildman–Crippen LogP) is 5.92. The first-order chi connectivity index (χ1) is 16.8. The molecule has 186 valence electrons. The maximum atomic E-state index is 12.9. The van der Waals surface area contributed by atoms with Crippen LogP contribution in [0.5, 0.6) is 5.75 Å². The van der Waals surface area contributed by atoms with Gasteiger partial charge in [-0.25, -0.2) is 0 Å². The summed E-state index contributed by atoms with van der Waals surface area (Å²) in [7, 11) is 0. The standard InChI is InChI=1S/C25H27F3N4O2S/c1-4-13-32-21(15-34-20-12-8-11-19(14-20)25(26,27)28)30-31-24(32)35-16-22(33)29-23-17(5-2)9-7-10-18(23)6-3/h4,7-12,14H,1,5-6,13,15-16H2,2-3H3,(H,29,33). The maximum Gasteiger partial charge on any atom is 0.416 e. The van der Waals surface area contributed by atoms with Gasteiger partial charge in [-0.05, 0) is 42.2 Å². The summed E-state index contributed by atoms with van der Waals surface area (Å²) in [5, 5.41) is 11.7. The van der Waals surface area contributed by atoms with Crippen molar-refractivity contribution in [2.75, 3.05) is 11.1 Å².